The molecule has 1 aromatic rings. The summed E-state index contributed by atoms with van der Waals surface area (Å²) in [5, 5.41) is 8.40. The average molecular weight is 228 g/mol. The minimum atomic E-state index is -3.55. The van der Waals surface area contributed by atoms with Crippen LogP contribution in [0.15, 0.2) is 24.3 Å². The molecule has 0 aliphatic rings. The number of carboxylic acids is 1. The molecular formula is C10H12O4S. The molecule has 1 rings (SSSR count). The monoisotopic (exact) mass is 228 g/mol. The van der Waals surface area contributed by atoms with Crippen LogP contribution in [0, 0.1) is 6.92 Å². The van der Waals surface area contributed by atoms with Crippen LogP contribution in [0.1, 0.15) is 11.1 Å². The first-order chi connectivity index (χ1) is 6.89. The van der Waals surface area contributed by atoms with Crippen molar-refractivity contribution in [2.75, 3.05) is 5.75 Å². The second-order valence-electron chi connectivity index (χ2n) is 3.42. The minimum absolute atomic E-state index is 0.221. The third-order valence-corrected chi connectivity index (χ3v) is 3.27. The first-order valence-corrected chi connectivity index (χ1v) is 6.19. The van der Waals surface area contributed by atoms with Crippen LogP contribution in [0.3, 0.4) is 0 Å². The smallest absolute Gasteiger partial charge is 0.318 e. The van der Waals surface area contributed by atoms with Gasteiger partial charge < -0.3 is 5.11 Å². The highest BCUT2D eigenvalue weighted by molar-refractivity contribution is 7.91. The third-order valence-electron chi connectivity index (χ3n) is 1.81. The Morgan fingerprint density at radius 1 is 1.40 bits per heavy atom. The number of hydrogen-bond donors (Lipinski definition) is 1. The van der Waals surface area contributed by atoms with E-state index < -0.39 is 21.6 Å². The number of carbonyl (C=O) groups is 1. The number of sulfone groups is 1. The van der Waals surface area contributed by atoms with Crippen molar-refractivity contribution in [1.29, 1.82) is 0 Å². The zero-order chi connectivity index (χ0) is 11.5. The Kier molecular flexibility index (Phi) is 3.47. The van der Waals surface area contributed by atoms with Crippen molar-refractivity contribution in [3.8, 4) is 0 Å². The Labute approximate surface area is 88.5 Å². The summed E-state index contributed by atoms with van der Waals surface area (Å²) in [4.78, 5) is 10.3. The lowest BCUT2D eigenvalue weighted by molar-refractivity contribution is -0.134. The van der Waals surface area contributed by atoms with E-state index in [1.54, 1.807) is 18.2 Å². The molecule has 82 valence electrons. The highest BCUT2D eigenvalue weighted by atomic mass is 32.2. The van der Waals surface area contributed by atoms with E-state index in [1.165, 1.54) is 0 Å². The van der Waals surface area contributed by atoms with Crippen LogP contribution >= 0.6 is 0 Å². The van der Waals surface area contributed by atoms with Crippen molar-refractivity contribution in [2.45, 2.75) is 12.7 Å². The molecule has 0 unspecified atom stereocenters. The van der Waals surface area contributed by atoms with Crippen molar-refractivity contribution in [1.82, 2.24) is 0 Å². The Morgan fingerprint density at radius 3 is 2.60 bits per heavy atom. The maximum Gasteiger partial charge on any atom is 0.318 e. The lowest BCUT2D eigenvalue weighted by atomic mass is 10.2. The van der Waals surface area contributed by atoms with Crippen molar-refractivity contribution < 1.29 is 18.3 Å². The predicted molar refractivity (Wildman–Crippen MR) is 56.3 cm³/mol. The normalized spacial score (nSPS) is 11.3. The molecule has 15 heavy (non-hydrogen) atoms. The van der Waals surface area contributed by atoms with Crippen LogP contribution in [-0.4, -0.2) is 25.2 Å². The fraction of sp³-hybridized carbons (Fsp3) is 0.300. The SMILES string of the molecule is Cc1cccc(CS(=O)(=O)CC(=O)O)c1. The zero-order valence-corrected chi connectivity index (χ0v) is 9.12. The molecule has 0 heterocycles. The van der Waals surface area contributed by atoms with Crippen LogP contribution < -0.4 is 0 Å². The molecule has 0 aliphatic heterocycles. The number of benzene rings is 1. The highest BCUT2D eigenvalue weighted by Gasteiger charge is 2.16. The van der Waals surface area contributed by atoms with Gasteiger partial charge in [0.15, 0.2) is 9.84 Å². The summed E-state index contributed by atoms with van der Waals surface area (Å²) < 4.78 is 22.7. The summed E-state index contributed by atoms with van der Waals surface area (Å²) in [7, 11) is -3.55. The van der Waals surface area contributed by atoms with E-state index in [0.717, 1.165) is 5.56 Å². The lowest BCUT2D eigenvalue weighted by Gasteiger charge is -2.02. The standard InChI is InChI=1S/C10H12O4S/c1-8-3-2-4-9(5-8)6-15(13,14)7-10(11)12/h2-5H,6-7H2,1H3,(H,11,12). The quantitative estimate of drug-likeness (QED) is 0.834. The van der Waals surface area contributed by atoms with E-state index in [9.17, 15) is 13.2 Å². The maximum absolute atomic E-state index is 11.3. The van der Waals surface area contributed by atoms with Crippen LogP contribution in [0.25, 0.3) is 0 Å². The van der Waals surface area contributed by atoms with E-state index in [0.29, 0.717) is 5.56 Å². The summed E-state index contributed by atoms with van der Waals surface area (Å²) in [6.07, 6.45) is 0. The molecule has 0 aromatic heterocycles. The average Bonchev–Trinajstić information content (AvgIpc) is 1.99. The second kappa shape index (κ2) is 4.44. The number of rotatable bonds is 4. The van der Waals surface area contributed by atoms with Gasteiger partial charge in [-0.2, -0.15) is 0 Å². The van der Waals surface area contributed by atoms with Gasteiger partial charge in [-0.3, -0.25) is 4.79 Å². The maximum atomic E-state index is 11.3. The fourth-order valence-corrected chi connectivity index (χ4v) is 2.46. The molecule has 0 bridgehead atoms. The highest BCUT2D eigenvalue weighted by Crippen LogP contribution is 2.08. The summed E-state index contributed by atoms with van der Waals surface area (Å²) in [6.45, 7) is 1.85. The summed E-state index contributed by atoms with van der Waals surface area (Å²) >= 11 is 0. The van der Waals surface area contributed by atoms with Crippen molar-refractivity contribution >= 4 is 15.8 Å². The van der Waals surface area contributed by atoms with Crippen molar-refractivity contribution in [2.24, 2.45) is 0 Å². The van der Waals surface area contributed by atoms with Gasteiger partial charge in [-0.15, -0.1) is 0 Å². The first kappa shape index (κ1) is 11.7. The fourth-order valence-electron chi connectivity index (χ4n) is 1.30. The Hall–Kier alpha value is -1.36. The zero-order valence-electron chi connectivity index (χ0n) is 8.30. The molecule has 0 spiro atoms. The lowest BCUT2D eigenvalue weighted by Crippen LogP contribution is -2.16. The molecule has 1 N–H and O–H groups in total. The third kappa shape index (κ3) is 4.12. The minimum Gasteiger partial charge on any atom is -0.480 e. The largest absolute Gasteiger partial charge is 0.480 e. The molecule has 0 atom stereocenters. The number of carboxylic acid groups (broad SMARTS) is 1. The second-order valence-corrected chi connectivity index (χ2v) is 5.48. The van der Waals surface area contributed by atoms with Crippen LogP contribution in [0.5, 0.6) is 0 Å². The Bertz CT molecular complexity index is 462. The number of aliphatic carboxylic acids is 1. The topological polar surface area (TPSA) is 71.4 Å². The Morgan fingerprint density at radius 2 is 2.07 bits per heavy atom. The van der Waals surface area contributed by atoms with Crippen molar-refractivity contribution in [3.05, 3.63) is 35.4 Å². The Balaban J connectivity index is 2.82. The van der Waals surface area contributed by atoms with Crippen LogP contribution in [0.2, 0.25) is 0 Å². The molecular weight excluding hydrogens is 216 g/mol. The van der Waals surface area contributed by atoms with Gasteiger partial charge >= 0.3 is 5.97 Å². The van der Waals surface area contributed by atoms with E-state index in [4.69, 9.17) is 5.11 Å². The molecule has 0 radical (unpaired) electrons. The van der Waals surface area contributed by atoms with E-state index in [2.05, 4.69) is 0 Å². The number of aryl methyl sites for hydroxylation is 1. The molecule has 4 nitrogen and oxygen atoms in total. The summed E-state index contributed by atoms with van der Waals surface area (Å²) in [5.41, 5.74) is 1.58. The van der Waals surface area contributed by atoms with Gasteiger partial charge in [0, 0.05) is 0 Å². The molecule has 0 amide bonds. The van der Waals surface area contributed by atoms with E-state index in [-0.39, 0.29) is 5.75 Å². The van der Waals surface area contributed by atoms with E-state index in [1.807, 2.05) is 13.0 Å². The van der Waals surface area contributed by atoms with Gasteiger partial charge in [-0.1, -0.05) is 29.8 Å². The van der Waals surface area contributed by atoms with Gasteiger partial charge in [0.05, 0.1) is 5.75 Å². The summed E-state index contributed by atoms with van der Waals surface area (Å²) in [6, 6.07) is 7.01. The van der Waals surface area contributed by atoms with Gasteiger partial charge in [-0.25, -0.2) is 8.42 Å². The predicted octanol–water partition coefficient (Wildman–Crippen LogP) is 0.994. The van der Waals surface area contributed by atoms with Gasteiger partial charge in [0.25, 0.3) is 0 Å². The first-order valence-electron chi connectivity index (χ1n) is 4.37. The molecule has 5 heteroatoms. The van der Waals surface area contributed by atoms with Gasteiger partial charge in [-0.05, 0) is 12.5 Å². The molecule has 0 saturated carbocycles. The number of hydrogen-bond acceptors (Lipinski definition) is 3. The summed E-state index contributed by atoms with van der Waals surface area (Å²) in [5.74, 6) is -2.36. The molecule has 0 aliphatic carbocycles. The molecule has 1 aromatic carbocycles. The van der Waals surface area contributed by atoms with Gasteiger partial charge in [0.1, 0.15) is 5.75 Å². The van der Waals surface area contributed by atoms with Crippen LogP contribution in [-0.2, 0) is 20.4 Å². The van der Waals surface area contributed by atoms with Gasteiger partial charge in [0.2, 0.25) is 0 Å². The molecule has 0 saturated heterocycles. The van der Waals surface area contributed by atoms with Crippen LogP contribution in [0.4, 0.5) is 0 Å². The molecule has 0 fully saturated rings. The van der Waals surface area contributed by atoms with Crippen molar-refractivity contribution in [3.63, 3.8) is 0 Å². The van der Waals surface area contributed by atoms with E-state index >= 15 is 0 Å².